The van der Waals surface area contributed by atoms with Crippen molar-refractivity contribution in [3.63, 3.8) is 0 Å². The standard InChI is InChI=1S/C13H21NO2.ClH/c1-5-14-9-11-6-7-12(16-10(2)3)13(8-11)15-4;/h6-8,10,14H,5,9H2,1-4H3;1H. The first-order valence-electron chi connectivity index (χ1n) is 5.71. The highest BCUT2D eigenvalue weighted by atomic mass is 35.5. The summed E-state index contributed by atoms with van der Waals surface area (Å²) in [7, 11) is 1.67. The van der Waals surface area contributed by atoms with Crippen molar-refractivity contribution in [2.24, 2.45) is 0 Å². The van der Waals surface area contributed by atoms with Crippen LogP contribution in [0.15, 0.2) is 18.2 Å². The van der Waals surface area contributed by atoms with Crippen LogP contribution < -0.4 is 14.8 Å². The van der Waals surface area contributed by atoms with E-state index < -0.39 is 0 Å². The molecule has 0 aromatic heterocycles. The first kappa shape index (κ1) is 16.1. The Morgan fingerprint density at radius 2 is 1.94 bits per heavy atom. The average molecular weight is 260 g/mol. The van der Waals surface area contributed by atoms with Crippen LogP contribution in [0.3, 0.4) is 0 Å². The van der Waals surface area contributed by atoms with E-state index in [2.05, 4.69) is 18.3 Å². The van der Waals surface area contributed by atoms with Gasteiger partial charge >= 0.3 is 0 Å². The molecule has 0 radical (unpaired) electrons. The van der Waals surface area contributed by atoms with Crippen molar-refractivity contribution in [1.82, 2.24) is 5.32 Å². The molecule has 0 fully saturated rings. The van der Waals surface area contributed by atoms with Gasteiger partial charge in [0, 0.05) is 6.54 Å². The fourth-order valence-electron chi connectivity index (χ4n) is 1.44. The van der Waals surface area contributed by atoms with Gasteiger partial charge in [-0.1, -0.05) is 13.0 Å². The van der Waals surface area contributed by atoms with Crippen molar-refractivity contribution in [2.45, 2.75) is 33.4 Å². The van der Waals surface area contributed by atoms with Crippen molar-refractivity contribution in [3.8, 4) is 11.5 Å². The summed E-state index contributed by atoms with van der Waals surface area (Å²) in [6, 6.07) is 6.04. The first-order chi connectivity index (χ1) is 7.67. The second-order valence-corrected chi connectivity index (χ2v) is 3.93. The van der Waals surface area contributed by atoms with Gasteiger partial charge in [0.25, 0.3) is 0 Å². The topological polar surface area (TPSA) is 30.5 Å². The molecule has 0 spiro atoms. The number of nitrogens with one attached hydrogen (secondary N) is 1. The van der Waals surface area contributed by atoms with Gasteiger partial charge < -0.3 is 14.8 Å². The van der Waals surface area contributed by atoms with E-state index in [0.717, 1.165) is 24.6 Å². The summed E-state index contributed by atoms with van der Waals surface area (Å²) in [5, 5.41) is 3.28. The number of halogens is 1. The van der Waals surface area contributed by atoms with Crippen LogP contribution in [0.25, 0.3) is 0 Å². The van der Waals surface area contributed by atoms with Crippen molar-refractivity contribution in [2.75, 3.05) is 13.7 Å². The van der Waals surface area contributed by atoms with Gasteiger partial charge in [-0.3, -0.25) is 0 Å². The first-order valence-corrected chi connectivity index (χ1v) is 5.71. The Hall–Kier alpha value is -0.930. The summed E-state index contributed by atoms with van der Waals surface area (Å²) in [6.07, 6.45) is 0.161. The Morgan fingerprint density at radius 3 is 2.47 bits per heavy atom. The number of hydrogen-bond donors (Lipinski definition) is 1. The minimum Gasteiger partial charge on any atom is -0.493 e. The second kappa shape index (κ2) is 8.20. The van der Waals surface area contributed by atoms with Crippen LogP contribution in [0, 0.1) is 0 Å². The third-order valence-electron chi connectivity index (χ3n) is 2.17. The molecule has 1 aromatic carbocycles. The molecule has 0 aliphatic carbocycles. The maximum atomic E-state index is 5.65. The van der Waals surface area contributed by atoms with Crippen molar-refractivity contribution >= 4 is 12.4 Å². The molecule has 1 N–H and O–H groups in total. The van der Waals surface area contributed by atoms with Crippen LogP contribution in [0.1, 0.15) is 26.3 Å². The number of benzene rings is 1. The summed E-state index contributed by atoms with van der Waals surface area (Å²) >= 11 is 0. The van der Waals surface area contributed by atoms with Crippen LogP contribution in [0.4, 0.5) is 0 Å². The van der Waals surface area contributed by atoms with Gasteiger partial charge in [0.05, 0.1) is 13.2 Å². The summed E-state index contributed by atoms with van der Waals surface area (Å²) in [5.74, 6) is 1.60. The smallest absolute Gasteiger partial charge is 0.161 e. The Morgan fingerprint density at radius 1 is 1.24 bits per heavy atom. The van der Waals surface area contributed by atoms with Crippen LogP contribution in [-0.4, -0.2) is 19.8 Å². The molecular formula is C13H22ClNO2. The summed E-state index contributed by atoms with van der Waals surface area (Å²) < 4.78 is 11.0. The minimum absolute atomic E-state index is 0. The van der Waals surface area contributed by atoms with Crippen molar-refractivity contribution in [3.05, 3.63) is 23.8 Å². The Labute approximate surface area is 110 Å². The van der Waals surface area contributed by atoms with E-state index in [1.54, 1.807) is 7.11 Å². The fourth-order valence-corrected chi connectivity index (χ4v) is 1.44. The molecule has 0 saturated carbocycles. The van der Waals surface area contributed by atoms with Gasteiger partial charge in [-0.25, -0.2) is 0 Å². The third-order valence-corrected chi connectivity index (χ3v) is 2.17. The molecule has 0 aliphatic rings. The molecule has 0 aliphatic heterocycles. The highest BCUT2D eigenvalue weighted by Crippen LogP contribution is 2.28. The summed E-state index contributed by atoms with van der Waals surface area (Å²) in [5.41, 5.74) is 1.20. The van der Waals surface area contributed by atoms with Gasteiger partial charge in [-0.2, -0.15) is 0 Å². The number of methoxy groups -OCH3 is 1. The molecule has 0 saturated heterocycles. The quantitative estimate of drug-likeness (QED) is 0.852. The molecule has 1 aromatic rings. The summed E-state index contributed by atoms with van der Waals surface area (Å²) in [6.45, 7) is 7.92. The highest BCUT2D eigenvalue weighted by Gasteiger charge is 2.06. The average Bonchev–Trinajstić information content (AvgIpc) is 2.27. The van der Waals surface area contributed by atoms with Gasteiger partial charge in [0.15, 0.2) is 11.5 Å². The zero-order valence-corrected chi connectivity index (χ0v) is 11.8. The lowest BCUT2D eigenvalue weighted by Gasteiger charge is -2.14. The molecule has 0 bridgehead atoms. The molecule has 3 nitrogen and oxygen atoms in total. The van der Waals surface area contributed by atoms with E-state index in [1.807, 2.05) is 26.0 Å². The van der Waals surface area contributed by atoms with Crippen molar-refractivity contribution < 1.29 is 9.47 Å². The predicted molar refractivity (Wildman–Crippen MR) is 73.4 cm³/mol. The maximum absolute atomic E-state index is 5.65. The number of rotatable bonds is 6. The Balaban J connectivity index is 0.00000256. The molecular weight excluding hydrogens is 238 g/mol. The van der Waals surface area contributed by atoms with E-state index in [0.29, 0.717) is 0 Å². The molecule has 0 atom stereocenters. The second-order valence-electron chi connectivity index (χ2n) is 3.93. The molecule has 1 rings (SSSR count). The SMILES string of the molecule is CCNCc1ccc(OC(C)C)c(OC)c1.Cl. The Kier molecular flexibility index (Phi) is 7.75. The zero-order chi connectivity index (χ0) is 12.0. The molecule has 0 heterocycles. The van der Waals surface area contributed by atoms with Crippen molar-refractivity contribution in [1.29, 1.82) is 0 Å². The molecule has 17 heavy (non-hydrogen) atoms. The van der Waals surface area contributed by atoms with E-state index in [9.17, 15) is 0 Å². The van der Waals surface area contributed by atoms with E-state index in [-0.39, 0.29) is 18.5 Å². The van der Waals surface area contributed by atoms with E-state index >= 15 is 0 Å². The molecule has 4 heteroatoms. The minimum atomic E-state index is 0. The normalized spacial score (nSPS) is 9.94. The largest absolute Gasteiger partial charge is 0.493 e. The van der Waals surface area contributed by atoms with Crippen LogP contribution in [-0.2, 0) is 6.54 Å². The Bertz CT molecular complexity index is 329. The number of ether oxygens (including phenoxy) is 2. The van der Waals surface area contributed by atoms with Gasteiger partial charge in [0.2, 0.25) is 0 Å². The lowest BCUT2D eigenvalue weighted by molar-refractivity contribution is 0.230. The van der Waals surface area contributed by atoms with Gasteiger partial charge in [-0.15, -0.1) is 12.4 Å². The highest BCUT2D eigenvalue weighted by molar-refractivity contribution is 5.85. The van der Waals surface area contributed by atoms with Crippen LogP contribution in [0.5, 0.6) is 11.5 Å². The van der Waals surface area contributed by atoms with Gasteiger partial charge in [0.1, 0.15) is 0 Å². The monoisotopic (exact) mass is 259 g/mol. The predicted octanol–water partition coefficient (Wildman–Crippen LogP) is 3.01. The molecule has 0 unspecified atom stereocenters. The fraction of sp³-hybridized carbons (Fsp3) is 0.538. The third kappa shape index (κ3) is 5.29. The van der Waals surface area contributed by atoms with Crippen LogP contribution in [0.2, 0.25) is 0 Å². The maximum Gasteiger partial charge on any atom is 0.161 e. The molecule has 0 amide bonds. The summed E-state index contributed by atoms with van der Waals surface area (Å²) in [4.78, 5) is 0. The van der Waals surface area contributed by atoms with Crippen LogP contribution >= 0.6 is 12.4 Å². The number of hydrogen-bond acceptors (Lipinski definition) is 3. The molecule has 98 valence electrons. The van der Waals surface area contributed by atoms with E-state index in [4.69, 9.17) is 9.47 Å². The van der Waals surface area contributed by atoms with E-state index in [1.165, 1.54) is 5.56 Å². The lowest BCUT2D eigenvalue weighted by Crippen LogP contribution is -2.12. The lowest BCUT2D eigenvalue weighted by atomic mass is 10.2. The zero-order valence-electron chi connectivity index (χ0n) is 10.9. The van der Waals surface area contributed by atoms with Gasteiger partial charge in [-0.05, 0) is 38.1 Å².